The van der Waals surface area contributed by atoms with Crippen molar-refractivity contribution in [2.24, 2.45) is 0 Å². The van der Waals surface area contributed by atoms with E-state index in [1.807, 2.05) is 6.07 Å². The van der Waals surface area contributed by atoms with Gasteiger partial charge in [-0.25, -0.2) is 0 Å². The first kappa shape index (κ1) is 38.5. The molecular weight excluding hydrogens is 813 g/mol. The van der Waals surface area contributed by atoms with Gasteiger partial charge in [0.1, 0.15) is 11.2 Å². The van der Waals surface area contributed by atoms with E-state index >= 15 is 0 Å². The normalized spacial score (nSPS) is 11.6. The van der Waals surface area contributed by atoms with E-state index in [1.165, 1.54) is 49.6 Å². The van der Waals surface area contributed by atoms with Crippen molar-refractivity contribution in [2.45, 2.75) is 0 Å². The van der Waals surface area contributed by atoms with Crippen molar-refractivity contribution >= 4 is 71.6 Å². The summed E-state index contributed by atoms with van der Waals surface area (Å²) in [6, 6.07) is 91.8. The fourth-order valence-corrected chi connectivity index (χ4v) is 10.2. The summed E-state index contributed by atoms with van der Waals surface area (Å²) in [4.78, 5) is 2.39. The van der Waals surface area contributed by atoms with Crippen molar-refractivity contribution in [1.29, 1.82) is 0 Å². The van der Waals surface area contributed by atoms with Crippen molar-refractivity contribution in [1.82, 2.24) is 4.57 Å². The third-order valence-corrected chi connectivity index (χ3v) is 13.5. The summed E-state index contributed by atoms with van der Waals surface area (Å²) < 4.78 is 8.94. The number of furan rings is 1. The first-order chi connectivity index (χ1) is 33.2. The summed E-state index contributed by atoms with van der Waals surface area (Å²) in [7, 11) is 0. The van der Waals surface area contributed by atoms with Crippen molar-refractivity contribution in [2.75, 3.05) is 4.90 Å². The molecule has 3 nitrogen and oxygen atoms in total. The maximum Gasteiger partial charge on any atom is 0.143 e. The lowest BCUT2D eigenvalue weighted by atomic mass is 9.95. The minimum Gasteiger partial charge on any atom is -0.455 e. The Morgan fingerprint density at radius 3 is 1.33 bits per heavy atom. The number of rotatable bonds is 8. The highest BCUT2D eigenvalue weighted by Gasteiger charge is 2.20. The number of anilines is 3. The quantitative estimate of drug-likeness (QED) is 0.152. The molecule has 0 radical (unpaired) electrons. The molecule has 2 aromatic heterocycles. The fraction of sp³-hybridized carbons (Fsp3) is 0. The van der Waals surface area contributed by atoms with E-state index in [-0.39, 0.29) is 0 Å². The van der Waals surface area contributed by atoms with E-state index in [9.17, 15) is 0 Å². The van der Waals surface area contributed by atoms with E-state index in [0.717, 1.165) is 72.2 Å². The SMILES string of the molecule is c1ccc(-c2ccc(-c3ccc(N(c4ccc(-c5ccc(-n6c7ccccc7c7ccccc76)cc5)cc4)c4ccc(-c5cccc6c5oc5ccccc56)c5ccccc45)cc3)cc2)cc1. The Morgan fingerprint density at radius 2 is 0.731 bits per heavy atom. The van der Waals surface area contributed by atoms with Crippen LogP contribution in [0, 0.1) is 0 Å². The molecule has 67 heavy (non-hydrogen) atoms. The third kappa shape index (κ3) is 6.59. The van der Waals surface area contributed by atoms with Crippen molar-refractivity contribution in [3.05, 3.63) is 255 Å². The Kier molecular flexibility index (Phi) is 9.17. The second-order valence-corrected chi connectivity index (χ2v) is 17.2. The number of fused-ring (bicyclic) bond motifs is 7. The van der Waals surface area contributed by atoms with Gasteiger partial charge in [-0.05, 0) is 105 Å². The van der Waals surface area contributed by atoms with Crippen LogP contribution < -0.4 is 4.90 Å². The van der Waals surface area contributed by atoms with E-state index in [1.54, 1.807) is 0 Å². The molecule has 0 saturated heterocycles. The monoisotopic (exact) mass is 854 g/mol. The molecule has 11 aromatic carbocycles. The number of para-hydroxylation sites is 4. The molecule has 0 aliphatic carbocycles. The lowest BCUT2D eigenvalue weighted by molar-refractivity contribution is 0.670. The molecule has 0 N–H and O–H groups in total. The smallest absolute Gasteiger partial charge is 0.143 e. The highest BCUT2D eigenvalue weighted by Crippen LogP contribution is 2.45. The van der Waals surface area contributed by atoms with E-state index in [2.05, 4.69) is 258 Å². The second kappa shape index (κ2) is 16.0. The molecule has 0 spiro atoms. The van der Waals surface area contributed by atoms with Crippen molar-refractivity contribution < 1.29 is 4.42 Å². The maximum absolute atomic E-state index is 6.58. The van der Waals surface area contributed by atoms with Crippen LogP contribution in [-0.2, 0) is 0 Å². The Morgan fingerprint density at radius 1 is 0.284 bits per heavy atom. The van der Waals surface area contributed by atoms with Gasteiger partial charge in [-0.1, -0.05) is 194 Å². The van der Waals surface area contributed by atoms with Crippen LogP contribution >= 0.6 is 0 Å². The molecule has 0 aliphatic heterocycles. The average Bonchev–Trinajstić information content (AvgIpc) is 3.96. The van der Waals surface area contributed by atoms with Crippen molar-refractivity contribution in [3.8, 4) is 50.2 Å². The van der Waals surface area contributed by atoms with Gasteiger partial charge >= 0.3 is 0 Å². The van der Waals surface area contributed by atoms with Crippen LogP contribution in [0.4, 0.5) is 17.1 Å². The Bertz CT molecular complexity index is 3880. The summed E-state index contributed by atoms with van der Waals surface area (Å²) in [5.74, 6) is 0. The molecule has 13 aromatic rings. The van der Waals surface area contributed by atoms with Crippen LogP contribution in [0.2, 0.25) is 0 Å². The Balaban J connectivity index is 0.899. The molecule has 13 rings (SSSR count). The topological polar surface area (TPSA) is 21.3 Å². The van der Waals surface area contributed by atoms with Gasteiger partial charge in [-0.3, -0.25) is 0 Å². The molecule has 0 saturated carbocycles. The van der Waals surface area contributed by atoms with Crippen LogP contribution in [0.15, 0.2) is 259 Å². The molecule has 0 atom stereocenters. The number of nitrogens with zero attached hydrogens (tertiary/aromatic N) is 2. The predicted octanol–water partition coefficient (Wildman–Crippen LogP) is 18.0. The molecule has 0 amide bonds. The lowest BCUT2D eigenvalue weighted by Crippen LogP contribution is -2.10. The van der Waals surface area contributed by atoms with Gasteiger partial charge in [0, 0.05) is 49.6 Å². The van der Waals surface area contributed by atoms with Crippen molar-refractivity contribution in [3.63, 3.8) is 0 Å². The zero-order valence-corrected chi connectivity index (χ0v) is 36.6. The molecular formula is C64H42N2O. The van der Waals surface area contributed by atoms with Crippen LogP contribution in [0.25, 0.3) is 105 Å². The van der Waals surface area contributed by atoms with Crippen LogP contribution in [0.1, 0.15) is 0 Å². The Hall–Kier alpha value is -8.92. The van der Waals surface area contributed by atoms with Gasteiger partial charge in [0.15, 0.2) is 0 Å². The lowest BCUT2D eigenvalue weighted by Gasteiger charge is -2.28. The Labute approximate surface area is 388 Å². The van der Waals surface area contributed by atoms with Gasteiger partial charge in [-0.15, -0.1) is 0 Å². The van der Waals surface area contributed by atoms with E-state index < -0.39 is 0 Å². The van der Waals surface area contributed by atoms with E-state index in [0.29, 0.717) is 0 Å². The van der Waals surface area contributed by atoms with Gasteiger partial charge < -0.3 is 13.9 Å². The summed E-state index contributed by atoms with van der Waals surface area (Å²) in [5, 5.41) is 7.09. The first-order valence-corrected chi connectivity index (χ1v) is 22.9. The number of hydrogen-bond acceptors (Lipinski definition) is 2. The first-order valence-electron chi connectivity index (χ1n) is 22.9. The van der Waals surface area contributed by atoms with Gasteiger partial charge in [0.2, 0.25) is 0 Å². The van der Waals surface area contributed by atoms with Crippen LogP contribution in [0.3, 0.4) is 0 Å². The average molecular weight is 855 g/mol. The summed E-state index contributed by atoms with van der Waals surface area (Å²) in [5.41, 5.74) is 17.9. The van der Waals surface area contributed by atoms with Gasteiger partial charge in [-0.2, -0.15) is 0 Å². The highest BCUT2D eigenvalue weighted by atomic mass is 16.3. The molecule has 0 unspecified atom stereocenters. The highest BCUT2D eigenvalue weighted by molar-refractivity contribution is 6.14. The predicted molar refractivity (Wildman–Crippen MR) is 282 cm³/mol. The fourth-order valence-electron chi connectivity index (χ4n) is 10.2. The van der Waals surface area contributed by atoms with Crippen LogP contribution in [-0.4, -0.2) is 4.57 Å². The molecule has 0 bridgehead atoms. The van der Waals surface area contributed by atoms with E-state index in [4.69, 9.17) is 4.42 Å². The standard InChI is InChI=1S/C64H42N2O/c1-2-13-43(14-3-1)44-25-27-45(28-26-44)46-29-35-49(36-30-46)65(62-42-41-53(52-15-4-5-16-54(52)62)58-20-12-21-59-57-19-8-11-24-63(57)67-64(58)59)50-37-31-47(32-38-50)48-33-39-51(40-34-48)66-60-22-9-6-17-55(60)56-18-7-10-23-61(56)66/h1-42H. The molecule has 3 heteroatoms. The molecule has 2 heterocycles. The summed E-state index contributed by atoms with van der Waals surface area (Å²) >= 11 is 0. The third-order valence-electron chi connectivity index (χ3n) is 13.5. The van der Waals surface area contributed by atoms with Gasteiger partial charge in [0.25, 0.3) is 0 Å². The minimum atomic E-state index is 0.898. The maximum atomic E-state index is 6.58. The molecule has 0 aliphatic rings. The zero-order chi connectivity index (χ0) is 44.3. The zero-order valence-electron chi connectivity index (χ0n) is 36.6. The van der Waals surface area contributed by atoms with Gasteiger partial charge in [0.05, 0.1) is 16.7 Å². The largest absolute Gasteiger partial charge is 0.455 e. The molecule has 0 fully saturated rings. The number of aromatic nitrogens is 1. The summed E-state index contributed by atoms with van der Waals surface area (Å²) in [6.07, 6.45) is 0. The summed E-state index contributed by atoms with van der Waals surface area (Å²) in [6.45, 7) is 0. The molecule has 314 valence electrons. The number of hydrogen-bond donors (Lipinski definition) is 0. The minimum absolute atomic E-state index is 0.898. The second-order valence-electron chi connectivity index (χ2n) is 17.2. The van der Waals surface area contributed by atoms with Crippen LogP contribution in [0.5, 0.6) is 0 Å². The number of benzene rings is 11.